The average molecular weight is 226 g/mol. The summed E-state index contributed by atoms with van der Waals surface area (Å²) in [6, 6.07) is -0.0401. The van der Waals surface area contributed by atoms with Gasteiger partial charge in [0.25, 0.3) is 0 Å². The summed E-state index contributed by atoms with van der Waals surface area (Å²) in [7, 11) is 0. The Morgan fingerprint density at radius 2 is 2.06 bits per heavy atom. The molecule has 0 fully saturated rings. The van der Waals surface area contributed by atoms with Crippen LogP contribution in [0.3, 0.4) is 0 Å². The Morgan fingerprint density at radius 1 is 1.44 bits per heavy atom. The van der Waals surface area contributed by atoms with E-state index in [-0.39, 0.29) is 17.4 Å². The molecule has 0 aliphatic rings. The first kappa shape index (κ1) is 15.2. The van der Waals surface area contributed by atoms with Crippen LogP contribution in [0.25, 0.3) is 0 Å². The van der Waals surface area contributed by atoms with Gasteiger partial charge in [-0.1, -0.05) is 32.9 Å². The van der Waals surface area contributed by atoms with Gasteiger partial charge in [-0.25, -0.2) is 0 Å². The van der Waals surface area contributed by atoms with Gasteiger partial charge in [-0.3, -0.25) is 4.79 Å². The highest BCUT2D eigenvalue weighted by Gasteiger charge is 2.17. The third-order valence-corrected chi connectivity index (χ3v) is 2.19. The Hall–Kier alpha value is -0.830. The molecule has 0 rings (SSSR count). The number of nitrogens with two attached hydrogens (primary N) is 1. The van der Waals surface area contributed by atoms with Crippen LogP contribution in [0, 0.1) is 5.41 Å². The van der Waals surface area contributed by atoms with Crippen molar-refractivity contribution in [2.45, 2.75) is 53.0 Å². The molecule has 3 N–H and O–H groups in total. The monoisotopic (exact) mass is 226 g/mol. The van der Waals surface area contributed by atoms with Crippen molar-refractivity contribution in [1.82, 2.24) is 5.32 Å². The van der Waals surface area contributed by atoms with E-state index in [4.69, 9.17) is 5.73 Å². The van der Waals surface area contributed by atoms with Crippen LogP contribution in [0.4, 0.5) is 0 Å². The molecule has 0 saturated carbocycles. The van der Waals surface area contributed by atoms with Gasteiger partial charge in [0, 0.05) is 19.0 Å². The van der Waals surface area contributed by atoms with Gasteiger partial charge in [0.2, 0.25) is 5.91 Å². The highest BCUT2D eigenvalue weighted by molar-refractivity contribution is 5.76. The van der Waals surface area contributed by atoms with E-state index in [1.807, 2.05) is 19.1 Å². The van der Waals surface area contributed by atoms with E-state index >= 15 is 0 Å². The maximum Gasteiger partial charge on any atom is 0.221 e. The Kier molecular flexibility index (Phi) is 7.06. The van der Waals surface area contributed by atoms with Crippen molar-refractivity contribution in [3.05, 3.63) is 12.2 Å². The maximum atomic E-state index is 11.5. The van der Waals surface area contributed by atoms with E-state index < -0.39 is 0 Å². The fourth-order valence-corrected chi connectivity index (χ4v) is 1.63. The van der Waals surface area contributed by atoms with Gasteiger partial charge in [0.05, 0.1) is 0 Å². The number of carbonyl (C=O) groups is 1. The highest BCUT2D eigenvalue weighted by Crippen LogP contribution is 2.20. The zero-order valence-corrected chi connectivity index (χ0v) is 11.0. The van der Waals surface area contributed by atoms with Gasteiger partial charge in [0.15, 0.2) is 0 Å². The van der Waals surface area contributed by atoms with Gasteiger partial charge in [-0.15, -0.1) is 0 Å². The second-order valence-corrected chi connectivity index (χ2v) is 5.44. The lowest BCUT2D eigenvalue weighted by Crippen LogP contribution is -2.34. The minimum absolute atomic E-state index is 0.0401. The van der Waals surface area contributed by atoms with Gasteiger partial charge < -0.3 is 11.1 Å². The Labute approximate surface area is 99.5 Å². The number of amides is 1. The zero-order valence-electron chi connectivity index (χ0n) is 11.0. The van der Waals surface area contributed by atoms with Crippen molar-refractivity contribution in [3.63, 3.8) is 0 Å². The number of hydrogen-bond donors (Lipinski definition) is 2. The Balaban J connectivity index is 3.70. The van der Waals surface area contributed by atoms with Crippen molar-refractivity contribution < 1.29 is 4.79 Å². The molecule has 0 radical (unpaired) electrons. The first-order chi connectivity index (χ1) is 7.35. The van der Waals surface area contributed by atoms with Crippen LogP contribution in [0.5, 0.6) is 0 Å². The fraction of sp³-hybridized carbons (Fsp3) is 0.769. The average Bonchev–Trinajstić information content (AvgIpc) is 2.09. The van der Waals surface area contributed by atoms with Crippen molar-refractivity contribution >= 4 is 5.91 Å². The van der Waals surface area contributed by atoms with E-state index in [1.165, 1.54) is 0 Å². The van der Waals surface area contributed by atoms with Crippen molar-refractivity contribution in [3.8, 4) is 0 Å². The molecule has 0 aliphatic heterocycles. The molecule has 0 bridgehead atoms. The predicted octanol–water partition coefficient (Wildman–Crippen LogP) is 2.22. The smallest absolute Gasteiger partial charge is 0.221 e. The lowest BCUT2D eigenvalue weighted by Gasteiger charge is -2.22. The molecule has 0 aromatic carbocycles. The molecular formula is C13H26N2O. The van der Waals surface area contributed by atoms with E-state index in [0.717, 1.165) is 12.8 Å². The molecule has 16 heavy (non-hydrogen) atoms. The molecule has 3 nitrogen and oxygen atoms in total. The Morgan fingerprint density at radius 3 is 2.56 bits per heavy atom. The van der Waals surface area contributed by atoms with Crippen LogP contribution in [-0.2, 0) is 4.79 Å². The van der Waals surface area contributed by atoms with Gasteiger partial charge in [0.1, 0.15) is 0 Å². The lowest BCUT2D eigenvalue weighted by atomic mass is 9.87. The van der Waals surface area contributed by atoms with Crippen LogP contribution >= 0.6 is 0 Å². The standard InChI is InChI=1S/C13H26N2O/c1-5-6-7-8-15-12(16)9-11(14)10-13(2,3)4/h5-6,11H,7-10,14H2,1-4H3,(H,15,16)/b6-5+. The summed E-state index contributed by atoms with van der Waals surface area (Å²) in [5, 5.41) is 2.86. The summed E-state index contributed by atoms with van der Waals surface area (Å²) in [6.07, 6.45) is 6.20. The van der Waals surface area contributed by atoms with Crippen LogP contribution < -0.4 is 11.1 Å². The summed E-state index contributed by atoms with van der Waals surface area (Å²) in [4.78, 5) is 11.5. The first-order valence-corrected chi connectivity index (χ1v) is 5.98. The molecule has 94 valence electrons. The van der Waals surface area contributed by atoms with E-state index in [2.05, 4.69) is 26.1 Å². The lowest BCUT2D eigenvalue weighted by molar-refractivity contribution is -0.121. The maximum absolute atomic E-state index is 11.5. The molecular weight excluding hydrogens is 200 g/mol. The quantitative estimate of drug-likeness (QED) is 0.539. The number of carbonyl (C=O) groups excluding carboxylic acids is 1. The summed E-state index contributed by atoms with van der Waals surface area (Å²) in [5.74, 6) is 0.0567. The van der Waals surface area contributed by atoms with Gasteiger partial charge in [-0.05, 0) is 25.2 Å². The minimum atomic E-state index is -0.0401. The van der Waals surface area contributed by atoms with Crippen molar-refractivity contribution in [1.29, 1.82) is 0 Å². The number of nitrogens with one attached hydrogen (secondary N) is 1. The number of hydrogen-bond acceptors (Lipinski definition) is 2. The molecule has 0 aromatic heterocycles. The molecule has 1 amide bonds. The van der Waals surface area contributed by atoms with Crippen LogP contribution in [0.1, 0.15) is 47.0 Å². The number of allylic oxidation sites excluding steroid dienone is 1. The Bertz CT molecular complexity index is 229. The van der Waals surface area contributed by atoms with Crippen LogP contribution in [0.2, 0.25) is 0 Å². The highest BCUT2D eigenvalue weighted by atomic mass is 16.1. The van der Waals surface area contributed by atoms with Crippen molar-refractivity contribution in [2.75, 3.05) is 6.54 Å². The summed E-state index contributed by atoms with van der Waals surface area (Å²) >= 11 is 0. The van der Waals surface area contributed by atoms with Crippen molar-refractivity contribution in [2.24, 2.45) is 11.1 Å². The normalized spacial score (nSPS) is 14.1. The zero-order chi connectivity index (χ0) is 12.6. The summed E-state index contributed by atoms with van der Waals surface area (Å²) in [6.45, 7) is 9.08. The van der Waals surface area contributed by atoms with Crippen LogP contribution in [-0.4, -0.2) is 18.5 Å². The second-order valence-electron chi connectivity index (χ2n) is 5.44. The molecule has 1 unspecified atom stereocenters. The number of rotatable bonds is 6. The first-order valence-electron chi connectivity index (χ1n) is 5.98. The largest absolute Gasteiger partial charge is 0.356 e. The second kappa shape index (κ2) is 7.44. The molecule has 0 aromatic rings. The van der Waals surface area contributed by atoms with Gasteiger partial charge >= 0.3 is 0 Å². The third-order valence-electron chi connectivity index (χ3n) is 2.19. The topological polar surface area (TPSA) is 55.1 Å². The van der Waals surface area contributed by atoms with E-state index in [9.17, 15) is 4.79 Å². The molecule has 0 spiro atoms. The summed E-state index contributed by atoms with van der Waals surface area (Å²) in [5.41, 5.74) is 6.10. The minimum Gasteiger partial charge on any atom is -0.356 e. The van der Waals surface area contributed by atoms with E-state index in [0.29, 0.717) is 13.0 Å². The van der Waals surface area contributed by atoms with E-state index in [1.54, 1.807) is 0 Å². The van der Waals surface area contributed by atoms with Gasteiger partial charge in [-0.2, -0.15) is 0 Å². The fourth-order valence-electron chi connectivity index (χ4n) is 1.63. The molecule has 1 atom stereocenters. The molecule has 3 heteroatoms. The molecule has 0 heterocycles. The molecule has 0 saturated heterocycles. The summed E-state index contributed by atoms with van der Waals surface area (Å²) < 4.78 is 0. The third kappa shape index (κ3) is 9.71. The molecule has 0 aliphatic carbocycles. The SMILES string of the molecule is C/C=C/CCNC(=O)CC(N)CC(C)(C)C. The predicted molar refractivity (Wildman–Crippen MR) is 69.1 cm³/mol. The van der Waals surface area contributed by atoms with Crippen LogP contribution in [0.15, 0.2) is 12.2 Å².